The maximum atomic E-state index is 11.5. The van der Waals surface area contributed by atoms with E-state index in [1.807, 2.05) is 0 Å². The summed E-state index contributed by atoms with van der Waals surface area (Å²) in [4.78, 5) is 27.5. The Morgan fingerprint density at radius 3 is 2.74 bits per heavy atom. The predicted molar refractivity (Wildman–Crippen MR) is 72.4 cm³/mol. The number of hydrogen-bond acceptors (Lipinski definition) is 6. The van der Waals surface area contributed by atoms with Gasteiger partial charge in [0.25, 0.3) is 0 Å². The predicted octanol–water partition coefficient (Wildman–Crippen LogP) is 0.604. The number of carbonyl (C=O) groups is 1. The molecule has 0 spiro atoms. The number of aromatic nitrogens is 1. The van der Waals surface area contributed by atoms with Gasteiger partial charge in [0, 0.05) is 26.7 Å². The Morgan fingerprint density at radius 2 is 2.21 bits per heavy atom. The highest BCUT2D eigenvalue weighted by molar-refractivity contribution is 5.81. The fourth-order valence-corrected chi connectivity index (χ4v) is 1.55. The molecule has 8 nitrogen and oxygen atoms in total. The summed E-state index contributed by atoms with van der Waals surface area (Å²) < 4.78 is 0. The van der Waals surface area contributed by atoms with Crippen molar-refractivity contribution in [2.75, 3.05) is 37.4 Å². The van der Waals surface area contributed by atoms with Crippen molar-refractivity contribution in [3.63, 3.8) is 0 Å². The molecule has 0 fully saturated rings. The van der Waals surface area contributed by atoms with Crippen molar-refractivity contribution in [3.05, 3.63) is 22.2 Å². The summed E-state index contributed by atoms with van der Waals surface area (Å²) in [7, 11) is 3.26. The number of nitrogens with zero attached hydrogens (tertiary/aromatic N) is 3. The van der Waals surface area contributed by atoms with Gasteiger partial charge in [-0.15, -0.1) is 0 Å². The molecule has 0 radical (unpaired) electrons. The molecule has 0 bridgehead atoms. The van der Waals surface area contributed by atoms with Crippen molar-refractivity contribution in [2.24, 2.45) is 0 Å². The number of carbonyl (C=O) groups excluding carboxylic acids is 1. The van der Waals surface area contributed by atoms with Gasteiger partial charge in [-0.1, -0.05) is 0 Å². The third-order valence-corrected chi connectivity index (χ3v) is 2.42. The van der Waals surface area contributed by atoms with E-state index in [1.165, 1.54) is 17.0 Å². The zero-order valence-electron chi connectivity index (χ0n) is 11.1. The number of amides is 1. The Kier molecular flexibility index (Phi) is 5.04. The number of rotatable bonds is 6. The van der Waals surface area contributed by atoms with E-state index in [1.54, 1.807) is 21.0 Å². The van der Waals surface area contributed by atoms with Gasteiger partial charge in [-0.2, -0.15) is 0 Å². The lowest BCUT2D eigenvalue weighted by molar-refractivity contribution is -0.384. The number of nitrogens with one attached hydrogen (secondary N) is 2. The average molecular weight is 267 g/mol. The van der Waals surface area contributed by atoms with E-state index in [0.29, 0.717) is 12.4 Å². The van der Waals surface area contributed by atoms with Crippen LogP contribution in [0.2, 0.25) is 0 Å². The molecular formula is C11H17N5O3. The number of hydrogen-bond donors (Lipinski definition) is 2. The highest BCUT2D eigenvalue weighted by Gasteiger charge is 2.20. The van der Waals surface area contributed by atoms with Gasteiger partial charge in [0.1, 0.15) is 5.82 Å². The van der Waals surface area contributed by atoms with Crippen LogP contribution >= 0.6 is 0 Å². The van der Waals surface area contributed by atoms with Gasteiger partial charge in [-0.05, 0) is 13.0 Å². The van der Waals surface area contributed by atoms with E-state index in [2.05, 4.69) is 15.6 Å². The summed E-state index contributed by atoms with van der Waals surface area (Å²) in [5.41, 5.74) is -0.134. The van der Waals surface area contributed by atoms with Crippen molar-refractivity contribution >= 4 is 23.2 Å². The van der Waals surface area contributed by atoms with Crippen molar-refractivity contribution in [2.45, 2.75) is 6.92 Å². The zero-order valence-corrected chi connectivity index (χ0v) is 11.1. The molecule has 1 amide bonds. The average Bonchev–Trinajstić information content (AvgIpc) is 2.37. The second-order valence-electron chi connectivity index (χ2n) is 3.86. The first-order valence-corrected chi connectivity index (χ1v) is 5.80. The summed E-state index contributed by atoms with van der Waals surface area (Å²) in [6.45, 7) is 2.33. The summed E-state index contributed by atoms with van der Waals surface area (Å²) >= 11 is 0. The van der Waals surface area contributed by atoms with E-state index in [-0.39, 0.29) is 24.0 Å². The van der Waals surface area contributed by atoms with Crippen LogP contribution in [-0.4, -0.2) is 43.0 Å². The van der Waals surface area contributed by atoms with Gasteiger partial charge in [0.15, 0.2) is 0 Å². The van der Waals surface area contributed by atoms with Crippen LogP contribution in [0.3, 0.4) is 0 Å². The third kappa shape index (κ3) is 3.80. The molecule has 8 heteroatoms. The van der Waals surface area contributed by atoms with E-state index in [4.69, 9.17) is 0 Å². The van der Waals surface area contributed by atoms with Crippen LogP contribution in [0, 0.1) is 10.1 Å². The van der Waals surface area contributed by atoms with Gasteiger partial charge < -0.3 is 15.5 Å². The fraction of sp³-hybridized carbons (Fsp3) is 0.455. The van der Waals surface area contributed by atoms with Crippen molar-refractivity contribution in [3.8, 4) is 0 Å². The van der Waals surface area contributed by atoms with Crippen LogP contribution in [0.15, 0.2) is 12.1 Å². The van der Waals surface area contributed by atoms with Crippen LogP contribution in [-0.2, 0) is 4.79 Å². The fourth-order valence-electron chi connectivity index (χ4n) is 1.55. The Labute approximate surface area is 111 Å². The van der Waals surface area contributed by atoms with Crippen molar-refractivity contribution in [1.82, 2.24) is 10.3 Å². The quantitative estimate of drug-likeness (QED) is 0.578. The van der Waals surface area contributed by atoms with Crippen LogP contribution in [0.1, 0.15) is 6.92 Å². The van der Waals surface area contributed by atoms with Crippen LogP contribution in [0.4, 0.5) is 17.3 Å². The standard InChI is InChI=1S/C11H17N5O3/c1-4-13-10(17)7-15(3)11-8(16(18)19)5-6-9(12-2)14-11/h5-6H,4,7H2,1-3H3,(H,12,14)(H,13,17). The highest BCUT2D eigenvalue weighted by atomic mass is 16.6. The summed E-state index contributed by atoms with van der Waals surface area (Å²) in [5, 5.41) is 16.4. The first kappa shape index (κ1) is 14.7. The monoisotopic (exact) mass is 267 g/mol. The van der Waals surface area contributed by atoms with Gasteiger partial charge >= 0.3 is 5.69 Å². The molecule has 0 atom stereocenters. The first-order chi connectivity index (χ1) is 8.99. The number of nitro groups is 1. The molecule has 19 heavy (non-hydrogen) atoms. The second-order valence-corrected chi connectivity index (χ2v) is 3.86. The Bertz CT molecular complexity index is 477. The Morgan fingerprint density at radius 1 is 1.53 bits per heavy atom. The molecule has 0 unspecified atom stereocenters. The topological polar surface area (TPSA) is 100 Å². The molecule has 0 aliphatic heterocycles. The maximum Gasteiger partial charge on any atom is 0.311 e. The van der Waals surface area contributed by atoms with E-state index < -0.39 is 4.92 Å². The third-order valence-electron chi connectivity index (χ3n) is 2.42. The normalized spacial score (nSPS) is 9.84. The van der Waals surface area contributed by atoms with Crippen molar-refractivity contribution < 1.29 is 9.72 Å². The van der Waals surface area contributed by atoms with Crippen LogP contribution in [0.5, 0.6) is 0 Å². The first-order valence-electron chi connectivity index (χ1n) is 5.80. The summed E-state index contributed by atoms with van der Waals surface area (Å²) in [6.07, 6.45) is 0. The van der Waals surface area contributed by atoms with Gasteiger partial charge in [-0.3, -0.25) is 14.9 Å². The van der Waals surface area contributed by atoms with E-state index in [0.717, 1.165) is 0 Å². The van der Waals surface area contributed by atoms with E-state index >= 15 is 0 Å². The highest BCUT2D eigenvalue weighted by Crippen LogP contribution is 2.26. The lowest BCUT2D eigenvalue weighted by Crippen LogP contribution is -2.35. The number of pyridine rings is 1. The Hall–Kier alpha value is -2.38. The molecule has 1 heterocycles. The second kappa shape index (κ2) is 6.53. The lowest BCUT2D eigenvalue weighted by atomic mass is 10.3. The molecule has 1 rings (SSSR count). The van der Waals surface area contributed by atoms with Crippen LogP contribution in [0.25, 0.3) is 0 Å². The molecule has 2 N–H and O–H groups in total. The van der Waals surface area contributed by atoms with E-state index in [9.17, 15) is 14.9 Å². The molecule has 0 aromatic carbocycles. The number of likely N-dealkylation sites (N-methyl/N-ethyl adjacent to an activating group) is 2. The molecule has 104 valence electrons. The minimum Gasteiger partial charge on any atom is -0.373 e. The smallest absolute Gasteiger partial charge is 0.311 e. The molecule has 1 aromatic rings. The minimum absolute atomic E-state index is 0.00878. The molecule has 0 saturated heterocycles. The molecule has 0 saturated carbocycles. The summed E-state index contributed by atoms with van der Waals surface area (Å²) in [6, 6.07) is 2.88. The maximum absolute atomic E-state index is 11.5. The molecule has 0 aliphatic rings. The number of anilines is 2. The van der Waals surface area contributed by atoms with Gasteiger partial charge in [-0.25, -0.2) is 4.98 Å². The van der Waals surface area contributed by atoms with Gasteiger partial charge in [0.05, 0.1) is 11.5 Å². The lowest BCUT2D eigenvalue weighted by Gasteiger charge is -2.17. The van der Waals surface area contributed by atoms with Gasteiger partial charge in [0.2, 0.25) is 11.7 Å². The molecular weight excluding hydrogens is 250 g/mol. The zero-order chi connectivity index (χ0) is 14.4. The Balaban J connectivity index is 3.01. The SMILES string of the molecule is CCNC(=O)CN(C)c1nc(NC)ccc1[N+](=O)[O-]. The minimum atomic E-state index is -0.518. The molecule has 1 aromatic heterocycles. The molecule has 0 aliphatic carbocycles. The summed E-state index contributed by atoms with van der Waals surface area (Å²) in [5.74, 6) is 0.447. The van der Waals surface area contributed by atoms with Crippen LogP contribution < -0.4 is 15.5 Å². The largest absolute Gasteiger partial charge is 0.373 e. The van der Waals surface area contributed by atoms with Crippen molar-refractivity contribution in [1.29, 1.82) is 0 Å².